The summed E-state index contributed by atoms with van der Waals surface area (Å²) < 4.78 is 0. The number of fused-ring (bicyclic) bond motifs is 7. The van der Waals surface area contributed by atoms with Gasteiger partial charge >= 0.3 is 0 Å². The fourth-order valence-electron chi connectivity index (χ4n) is 10.1. The molecule has 0 saturated carbocycles. The molecule has 0 atom stereocenters. The van der Waals surface area contributed by atoms with Crippen molar-refractivity contribution in [3.63, 3.8) is 0 Å². The normalized spacial score (nSPS) is 12.7. The predicted molar refractivity (Wildman–Crippen MR) is 263 cm³/mol. The Hall–Kier alpha value is -8.01. The van der Waals surface area contributed by atoms with Crippen LogP contribution in [0.5, 0.6) is 0 Å². The third-order valence-electron chi connectivity index (χ3n) is 13.2. The molecule has 0 N–H and O–H groups in total. The number of aromatic nitrogens is 3. The van der Waals surface area contributed by atoms with E-state index in [1.165, 1.54) is 71.4 Å². The summed E-state index contributed by atoms with van der Waals surface area (Å²) in [5.74, 6) is 0.691. The van der Waals surface area contributed by atoms with Gasteiger partial charge in [0.05, 0.1) is 11.4 Å². The maximum atomic E-state index is 5.28. The van der Waals surface area contributed by atoms with Gasteiger partial charge < -0.3 is 0 Å². The minimum absolute atomic E-state index is 0.114. The van der Waals surface area contributed by atoms with Crippen molar-refractivity contribution in [3.8, 4) is 78.4 Å². The molecule has 0 spiro atoms. The number of hydrogen-bond acceptors (Lipinski definition) is 3. The number of hydrogen-bond donors (Lipinski definition) is 0. The lowest BCUT2D eigenvalue weighted by Crippen LogP contribution is -2.14. The quantitative estimate of drug-likeness (QED) is 0.168. The van der Waals surface area contributed by atoms with Gasteiger partial charge in [0.25, 0.3) is 0 Å². The van der Waals surface area contributed by atoms with Gasteiger partial charge in [-0.25, -0.2) is 9.97 Å². The topological polar surface area (TPSA) is 38.7 Å². The molecule has 63 heavy (non-hydrogen) atoms. The van der Waals surface area contributed by atoms with E-state index in [-0.39, 0.29) is 5.41 Å². The molecule has 3 heteroatoms. The lowest BCUT2D eigenvalue weighted by molar-refractivity contribution is 0.661. The number of nitrogens with zero attached hydrogens (tertiary/aromatic N) is 3. The van der Waals surface area contributed by atoms with Crippen LogP contribution in [0.15, 0.2) is 213 Å². The maximum absolute atomic E-state index is 5.28. The third kappa shape index (κ3) is 6.00. The van der Waals surface area contributed by atoms with E-state index in [4.69, 9.17) is 9.97 Å². The summed E-state index contributed by atoms with van der Waals surface area (Å²) in [4.78, 5) is 14.8. The van der Waals surface area contributed by atoms with Crippen LogP contribution in [0, 0.1) is 0 Å². The molecule has 3 nitrogen and oxygen atoms in total. The molecular formula is C60H41N3. The highest BCUT2D eigenvalue weighted by molar-refractivity contribution is 6.14. The van der Waals surface area contributed by atoms with E-state index in [1.807, 2.05) is 30.5 Å². The van der Waals surface area contributed by atoms with E-state index >= 15 is 0 Å². The molecule has 0 aliphatic heterocycles. The molecule has 11 aromatic rings. The summed E-state index contributed by atoms with van der Waals surface area (Å²) in [6.45, 7) is 4.75. The Labute approximate surface area is 367 Å². The molecule has 0 unspecified atom stereocenters. The van der Waals surface area contributed by atoms with Crippen LogP contribution in [0.2, 0.25) is 0 Å². The first-order valence-corrected chi connectivity index (χ1v) is 21.7. The molecular weight excluding hydrogens is 763 g/mol. The summed E-state index contributed by atoms with van der Waals surface area (Å²) >= 11 is 0. The van der Waals surface area contributed by atoms with Crippen LogP contribution in [0.3, 0.4) is 0 Å². The molecule has 0 fully saturated rings. The summed E-state index contributed by atoms with van der Waals surface area (Å²) in [7, 11) is 0. The minimum atomic E-state index is -0.114. The van der Waals surface area contributed by atoms with E-state index in [2.05, 4.69) is 195 Å². The molecule has 2 aromatic heterocycles. The van der Waals surface area contributed by atoms with E-state index < -0.39 is 0 Å². The molecule has 1 aliphatic rings. The molecule has 0 saturated heterocycles. The van der Waals surface area contributed by atoms with Gasteiger partial charge in [-0.05, 0) is 101 Å². The van der Waals surface area contributed by atoms with E-state index in [0.29, 0.717) is 5.82 Å². The number of benzene rings is 9. The summed E-state index contributed by atoms with van der Waals surface area (Å²) in [5.41, 5.74) is 17.2. The van der Waals surface area contributed by atoms with Crippen molar-refractivity contribution < 1.29 is 0 Å². The second-order valence-corrected chi connectivity index (χ2v) is 17.1. The Bertz CT molecular complexity index is 3590. The van der Waals surface area contributed by atoms with Crippen molar-refractivity contribution in [2.24, 2.45) is 0 Å². The van der Waals surface area contributed by atoms with Gasteiger partial charge in [-0.15, -0.1) is 0 Å². The van der Waals surface area contributed by atoms with Gasteiger partial charge in [0, 0.05) is 40.1 Å². The first-order valence-electron chi connectivity index (χ1n) is 21.7. The van der Waals surface area contributed by atoms with Crippen LogP contribution in [-0.2, 0) is 5.41 Å². The first kappa shape index (κ1) is 36.8. The molecule has 9 aromatic carbocycles. The highest BCUT2D eigenvalue weighted by atomic mass is 14.9. The van der Waals surface area contributed by atoms with Crippen LogP contribution in [0.4, 0.5) is 0 Å². The van der Waals surface area contributed by atoms with Crippen LogP contribution in [0.25, 0.3) is 111 Å². The van der Waals surface area contributed by atoms with Gasteiger partial charge in [0.1, 0.15) is 0 Å². The lowest BCUT2D eigenvalue weighted by Gasteiger charge is -2.22. The molecule has 2 heterocycles. The van der Waals surface area contributed by atoms with Crippen molar-refractivity contribution in [2.75, 3.05) is 0 Å². The summed E-state index contributed by atoms with van der Waals surface area (Å²) in [5, 5.41) is 7.37. The Morgan fingerprint density at radius 2 is 0.905 bits per heavy atom. The maximum Gasteiger partial charge on any atom is 0.160 e. The van der Waals surface area contributed by atoms with Gasteiger partial charge in [0.15, 0.2) is 5.82 Å². The zero-order valence-corrected chi connectivity index (χ0v) is 35.0. The highest BCUT2D eigenvalue weighted by Crippen LogP contribution is 2.55. The van der Waals surface area contributed by atoms with Crippen molar-refractivity contribution in [1.82, 2.24) is 15.0 Å². The first-order chi connectivity index (χ1) is 31.0. The second-order valence-electron chi connectivity index (χ2n) is 17.1. The van der Waals surface area contributed by atoms with Gasteiger partial charge in [-0.1, -0.05) is 196 Å². The van der Waals surface area contributed by atoms with Gasteiger partial charge in [-0.2, -0.15) is 0 Å². The third-order valence-corrected chi connectivity index (χ3v) is 13.2. The smallest absolute Gasteiger partial charge is 0.160 e. The van der Waals surface area contributed by atoms with Crippen LogP contribution in [0.1, 0.15) is 25.0 Å². The Morgan fingerprint density at radius 3 is 1.62 bits per heavy atom. The average Bonchev–Trinajstić information content (AvgIpc) is 3.60. The highest BCUT2D eigenvalue weighted by Gasteiger charge is 2.38. The molecule has 296 valence electrons. The van der Waals surface area contributed by atoms with Crippen molar-refractivity contribution >= 4 is 32.3 Å². The number of rotatable bonds is 6. The fourth-order valence-corrected chi connectivity index (χ4v) is 10.1. The van der Waals surface area contributed by atoms with Crippen LogP contribution in [-0.4, -0.2) is 15.0 Å². The van der Waals surface area contributed by atoms with Crippen molar-refractivity contribution in [1.29, 1.82) is 0 Å². The zero-order chi connectivity index (χ0) is 42.1. The standard InChI is InChI=1S/C60H41N3/c1-60(2)53-27-13-26-52(58(53)57-43-21-7-6-15-38(43)28-33-54(57)60)50-30-29-48(44-22-8-9-23-45(44)50)49-31-32-51(47-25-11-10-24-46(47)49)56-36-55(62-59(63-56)39-16-4-3-5-17-39)41-19-12-18-40(35-41)42-20-14-34-61-37-42/h3-37H,1-2H3. The average molecular weight is 804 g/mol. The minimum Gasteiger partial charge on any atom is -0.264 e. The Balaban J connectivity index is 1.02. The van der Waals surface area contributed by atoms with Crippen LogP contribution >= 0.6 is 0 Å². The molecule has 1 aliphatic carbocycles. The number of pyridine rings is 1. The zero-order valence-electron chi connectivity index (χ0n) is 35.0. The largest absolute Gasteiger partial charge is 0.264 e. The molecule has 0 amide bonds. The van der Waals surface area contributed by atoms with Gasteiger partial charge in [-0.3, -0.25) is 4.98 Å². The monoisotopic (exact) mass is 803 g/mol. The molecule has 12 rings (SSSR count). The van der Waals surface area contributed by atoms with E-state index in [9.17, 15) is 0 Å². The van der Waals surface area contributed by atoms with Crippen molar-refractivity contribution in [3.05, 3.63) is 224 Å². The Morgan fingerprint density at radius 1 is 0.349 bits per heavy atom. The molecule has 0 bridgehead atoms. The summed E-state index contributed by atoms with van der Waals surface area (Å²) in [6, 6.07) is 72.3. The van der Waals surface area contributed by atoms with E-state index in [0.717, 1.165) is 44.6 Å². The Kier molecular flexibility index (Phi) is 8.52. The lowest BCUT2D eigenvalue weighted by atomic mass is 9.81. The van der Waals surface area contributed by atoms with Crippen LogP contribution < -0.4 is 0 Å². The van der Waals surface area contributed by atoms with Crippen molar-refractivity contribution in [2.45, 2.75) is 19.3 Å². The SMILES string of the molecule is CC1(C)c2cccc(-c3ccc(-c4ccc(-c5cc(-c6cccc(-c7cccnc7)c6)nc(-c6ccccc6)n5)c5ccccc45)c4ccccc34)c2-c2c1ccc1ccccc21. The predicted octanol–water partition coefficient (Wildman–Crippen LogP) is 15.6. The summed E-state index contributed by atoms with van der Waals surface area (Å²) in [6.07, 6.45) is 3.71. The van der Waals surface area contributed by atoms with Gasteiger partial charge in [0.2, 0.25) is 0 Å². The second kappa shape index (κ2) is 14.6. The van der Waals surface area contributed by atoms with E-state index in [1.54, 1.807) is 6.20 Å². The fraction of sp³-hybridized carbons (Fsp3) is 0.0500. The molecule has 0 radical (unpaired) electrons.